The minimum absolute atomic E-state index is 0.442. The average molecular weight is 188 g/mol. The first-order chi connectivity index (χ1) is 5.21. The lowest BCUT2D eigenvalue weighted by molar-refractivity contribution is 0.374. The quantitative estimate of drug-likeness (QED) is 0.594. The molecule has 0 saturated carbocycles. The molecule has 0 heterocycles. The maximum Gasteiger partial charge on any atom is 0.00750 e. The molecule has 0 unspecified atom stereocenters. The van der Waals surface area contributed by atoms with Crippen LogP contribution in [0.4, 0.5) is 0 Å². The van der Waals surface area contributed by atoms with E-state index in [0.29, 0.717) is 10.2 Å². The van der Waals surface area contributed by atoms with E-state index in [2.05, 4.69) is 53.3 Å². The van der Waals surface area contributed by atoms with E-state index in [4.69, 9.17) is 0 Å². The van der Waals surface area contributed by atoms with Crippen LogP contribution >= 0.6 is 11.8 Å². The fourth-order valence-electron chi connectivity index (χ4n) is 0.981. The highest BCUT2D eigenvalue weighted by molar-refractivity contribution is 8.00. The third kappa shape index (κ3) is 10.3. The van der Waals surface area contributed by atoms with Crippen LogP contribution in [-0.4, -0.2) is 10.5 Å². The van der Waals surface area contributed by atoms with Crippen molar-refractivity contribution >= 4 is 11.8 Å². The summed E-state index contributed by atoms with van der Waals surface area (Å²) >= 11 is 2.07. The first kappa shape index (κ1) is 12.3. The van der Waals surface area contributed by atoms with Crippen LogP contribution in [0.5, 0.6) is 0 Å². The first-order valence-electron chi connectivity index (χ1n) is 4.85. The van der Waals surface area contributed by atoms with Crippen LogP contribution < -0.4 is 0 Å². The van der Waals surface area contributed by atoms with Gasteiger partial charge in [0, 0.05) is 4.75 Å². The molecule has 0 bridgehead atoms. The Morgan fingerprint density at radius 2 is 1.42 bits per heavy atom. The Hall–Kier alpha value is 0.350. The van der Waals surface area contributed by atoms with Crippen LogP contribution in [0.2, 0.25) is 0 Å². The molecule has 0 nitrogen and oxygen atoms in total. The van der Waals surface area contributed by atoms with E-state index in [1.165, 1.54) is 18.6 Å². The maximum atomic E-state index is 2.31. The van der Waals surface area contributed by atoms with Gasteiger partial charge in [0.1, 0.15) is 0 Å². The Labute approximate surface area is 82.5 Å². The van der Waals surface area contributed by atoms with E-state index in [1.54, 1.807) is 0 Å². The van der Waals surface area contributed by atoms with Gasteiger partial charge in [0.15, 0.2) is 0 Å². The highest BCUT2D eigenvalue weighted by atomic mass is 32.2. The molecule has 0 fully saturated rings. The molecule has 0 aromatic carbocycles. The van der Waals surface area contributed by atoms with Gasteiger partial charge in [-0.25, -0.2) is 0 Å². The van der Waals surface area contributed by atoms with Crippen molar-refractivity contribution in [2.75, 3.05) is 5.75 Å². The summed E-state index contributed by atoms with van der Waals surface area (Å²) in [6, 6.07) is 0. The molecule has 1 heteroatoms. The molecule has 0 saturated heterocycles. The maximum absolute atomic E-state index is 2.31. The Morgan fingerprint density at radius 1 is 0.917 bits per heavy atom. The molecule has 0 aliphatic rings. The van der Waals surface area contributed by atoms with Crippen molar-refractivity contribution in [3.8, 4) is 0 Å². The van der Waals surface area contributed by atoms with Crippen LogP contribution in [0, 0.1) is 5.41 Å². The van der Waals surface area contributed by atoms with E-state index in [9.17, 15) is 0 Å². The van der Waals surface area contributed by atoms with Crippen LogP contribution in [0.1, 0.15) is 54.4 Å². The largest absolute Gasteiger partial charge is 0.156 e. The molecule has 0 amide bonds. The van der Waals surface area contributed by atoms with Gasteiger partial charge in [0.25, 0.3) is 0 Å². The predicted molar refractivity (Wildman–Crippen MR) is 60.9 cm³/mol. The van der Waals surface area contributed by atoms with Gasteiger partial charge in [-0.1, -0.05) is 41.5 Å². The van der Waals surface area contributed by atoms with Gasteiger partial charge in [0.2, 0.25) is 0 Å². The molecule has 0 atom stereocenters. The Balaban J connectivity index is 3.35. The SMILES string of the molecule is CC(C)(C)CCCSC(C)(C)C. The van der Waals surface area contributed by atoms with Crippen molar-refractivity contribution in [3.63, 3.8) is 0 Å². The van der Waals surface area contributed by atoms with E-state index in [0.717, 1.165) is 0 Å². The van der Waals surface area contributed by atoms with E-state index < -0.39 is 0 Å². The smallest absolute Gasteiger partial charge is 0.00750 e. The minimum atomic E-state index is 0.442. The van der Waals surface area contributed by atoms with Crippen LogP contribution in [0.15, 0.2) is 0 Å². The molecule has 0 N–H and O–H groups in total. The second kappa shape index (κ2) is 4.55. The third-order valence-electron chi connectivity index (χ3n) is 1.61. The van der Waals surface area contributed by atoms with Crippen molar-refractivity contribution in [3.05, 3.63) is 0 Å². The summed E-state index contributed by atoms with van der Waals surface area (Å²) in [7, 11) is 0. The standard InChI is InChI=1S/C11H24S/c1-10(2,3)8-7-9-12-11(4,5)6/h7-9H2,1-6H3. The Bertz CT molecular complexity index is 97.9. The van der Waals surface area contributed by atoms with Crippen molar-refractivity contribution in [1.82, 2.24) is 0 Å². The van der Waals surface area contributed by atoms with E-state index >= 15 is 0 Å². The second-order valence-electron chi connectivity index (χ2n) is 5.63. The van der Waals surface area contributed by atoms with Crippen LogP contribution in [0.25, 0.3) is 0 Å². The molecule has 12 heavy (non-hydrogen) atoms. The van der Waals surface area contributed by atoms with Gasteiger partial charge in [-0.3, -0.25) is 0 Å². The Kier molecular flexibility index (Phi) is 4.68. The lowest BCUT2D eigenvalue weighted by Gasteiger charge is -2.21. The van der Waals surface area contributed by atoms with Gasteiger partial charge in [-0.05, 0) is 24.0 Å². The zero-order valence-corrected chi connectivity index (χ0v) is 10.3. The van der Waals surface area contributed by atoms with Crippen LogP contribution in [0.3, 0.4) is 0 Å². The van der Waals surface area contributed by atoms with E-state index in [1.807, 2.05) is 0 Å². The molecule has 0 radical (unpaired) electrons. The monoisotopic (exact) mass is 188 g/mol. The van der Waals surface area contributed by atoms with Gasteiger partial charge in [-0.2, -0.15) is 11.8 Å². The number of hydrogen-bond acceptors (Lipinski definition) is 1. The molecular formula is C11H24S. The zero-order chi connectivity index (χ0) is 9.83. The Morgan fingerprint density at radius 3 is 1.75 bits per heavy atom. The molecule has 0 rings (SSSR count). The molecule has 74 valence electrons. The third-order valence-corrected chi connectivity index (χ3v) is 2.97. The number of rotatable bonds is 3. The molecule has 0 spiro atoms. The summed E-state index contributed by atoms with van der Waals surface area (Å²) in [5, 5.41) is 0. The number of hydrogen-bond donors (Lipinski definition) is 0. The molecule has 0 aliphatic heterocycles. The lowest BCUT2D eigenvalue weighted by Crippen LogP contribution is -2.10. The lowest BCUT2D eigenvalue weighted by atomic mass is 9.91. The van der Waals surface area contributed by atoms with Gasteiger partial charge >= 0.3 is 0 Å². The van der Waals surface area contributed by atoms with Crippen molar-refractivity contribution in [1.29, 1.82) is 0 Å². The first-order valence-corrected chi connectivity index (χ1v) is 5.83. The van der Waals surface area contributed by atoms with Crippen molar-refractivity contribution in [2.24, 2.45) is 5.41 Å². The molecular weight excluding hydrogens is 164 g/mol. The summed E-state index contributed by atoms with van der Waals surface area (Å²) in [5.41, 5.74) is 0.512. The van der Waals surface area contributed by atoms with Gasteiger partial charge < -0.3 is 0 Å². The summed E-state index contributed by atoms with van der Waals surface area (Å²) in [6.07, 6.45) is 2.70. The second-order valence-corrected chi connectivity index (χ2v) is 7.55. The normalized spacial score (nSPS) is 13.5. The van der Waals surface area contributed by atoms with Crippen LogP contribution in [-0.2, 0) is 0 Å². The zero-order valence-electron chi connectivity index (χ0n) is 9.53. The van der Waals surface area contributed by atoms with Crippen molar-refractivity contribution < 1.29 is 0 Å². The van der Waals surface area contributed by atoms with Gasteiger partial charge in [0.05, 0.1) is 0 Å². The number of thioether (sulfide) groups is 1. The molecule has 0 aromatic heterocycles. The van der Waals surface area contributed by atoms with Crippen molar-refractivity contribution in [2.45, 2.75) is 59.1 Å². The molecule has 0 aromatic rings. The topological polar surface area (TPSA) is 0 Å². The highest BCUT2D eigenvalue weighted by Crippen LogP contribution is 2.27. The average Bonchev–Trinajstić information content (AvgIpc) is 1.76. The summed E-state index contributed by atoms with van der Waals surface area (Å²) in [6.45, 7) is 13.8. The highest BCUT2D eigenvalue weighted by Gasteiger charge is 2.12. The van der Waals surface area contributed by atoms with Gasteiger partial charge in [-0.15, -0.1) is 0 Å². The summed E-state index contributed by atoms with van der Waals surface area (Å²) in [5.74, 6) is 1.31. The predicted octanol–water partition coefficient (Wildman–Crippen LogP) is 4.34. The van der Waals surface area contributed by atoms with E-state index in [-0.39, 0.29) is 0 Å². The minimum Gasteiger partial charge on any atom is -0.156 e. The summed E-state index contributed by atoms with van der Waals surface area (Å²) in [4.78, 5) is 0. The molecule has 0 aliphatic carbocycles. The fraction of sp³-hybridized carbons (Fsp3) is 1.00. The summed E-state index contributed by atoms with van der Waals surface area (Å²) < 4.78 is 0.442. The fourth-order valence-corrected chi connectivity index (χ4v) is 1.88.